The lowest BCUT2D eigenvalue weighted by Gasteiger charge is -2.32. The number of aromatic nitrogens is 2. The first-order valence-electron chi connectivity index (χ1n) is 9.46. The lowest BCUT2D eigenvalue weighted by molar-refractivity contribution is -0.126. The van der Waals surface area contributed by atoms with Gasteiger partial charge < -0.3 is 5.32 Å². The van der Waals surface area contributed by atoms with E-state index in [2.05, 4.69) is 16.3 Å². The summed E-state index contributed by atoms with van der Waals surface area (Å²) in [4.78, 5) is 28.2. The van der Waals surface area contributed by atoms with Crippen molar-refractivity contribution in [2.24, 2.45) is 0 Å². The van der Waals surface area contributed by atoms with E-state index in [-0.39, 0.29) is 24.8 Å². The number of carbonyl (C=O) groups excluding carboxylic acids is 2. The third kappa shape index (κ3) is 2.42. The van der Waals surface area contributed by atoms with Gasteiger partial charge in [0.25, 0.3) is 0 Å². The third-order valence-corrected chi connectivity index (χ3v) is 5.96. The summed E-state index contributed by atoms with van der Waals surface area (Å²) in [5, 5.41) is 7.94. The van der Waals surface area contributed by atoms with Gasteiger partial charge in [-0.25, -0.2) is 4.68 Å². The highest BCUT2D eigenvalue weighted by Crippen LogP contribution is 2.52. The minimum atomic E-state index is -1.16. The van der Waals surface area contributed by atoms with Crippen LogP contribution < -0.4 is 10.2 Å². The van der Waals surface area contributed by atoms with Gasteiger partial charge in [0.05, 0.1) is 18.4 Å². The maximum atomic E-state index is 13.7. The molecule has 5 rings (SSSR count). The molecule has 3 aromatic rings. The van der Waals surface area contributed by atoms with E-state index in [0.29, 0.717) is 22.1 Å². The molecule has 0 saturated carbocycles. The summed E-state index contributed by atoms with van der Waals surface area (Å²) >= 11 is 6.15. The van der Waals surface area contributed by atoms with Crippen molar-refractivity contribution < 1.29 is 9.59 Å². The molecule has 1 atom stereocenters. The van der Waals surface area contributed by atoms with Crippen molar-refractivity contribution in [2.45, 2.75) is 18.8 Å². The van der Waals surface area contributed by atoms with Crippen molar-refractivity contribution in [1.82, 2.24) is 9.78 Å². The van der Waals surface area contributed by atoms with Crippen LogP contribution in [0.5, 0.6) is 0 Å². The van der Waals surface area contributed by atoms with Crippen molar-refractivity contribution in [3.05, 3.63) is 70.4 Å². The molecule has 1 spiro atoms. The van der Waals surface area contributed by atoms with Gasteiger partial charge in [-0.3, -0.25) is 14.5 Å². The Hall–Kier alpha value is -3.56. The summed E-state index contributed by atoms with van der Waals surface area (Å²) in [5.74, 6) is 2.57. The fourth-order valence-corrected chi connectivity index (χ4v) is 4.64. The highest BCUT2D eigenvalue weighted by atomic mass is 35.5. The summed E-state index contributed by atoms with van der Waals surface area (Å²) in [5.41, 5.74) is 2.70. The smallest absolute Gasteiger partial charge is 0.243 e. The van der Waals surface area contributed by atoms with Crippen molar-refractivity contribution in [2.75, 3.05) is 16.8 Å². The van der Waals surface area contributed by atoms with Crippen LogP contribution in [-0.4, -0.2) is 28.1 Å². The Balaban J connectivity index is 1.78. The molecule has 0 bridgehead atoms. The van der Waals surface area contributed by atoms with E-state index < -0.39 is 5.41 Å². The molecule has 1 aromatic heterocycles. The first-order valence-corrected chi connectivity index (χ1v) is 9.84. The monoisotopic (exact) mass is 416 g/mol. The Morgan fingerprint density at radius 3 is 2.83 bits per heavy atom. The third-order valence-electron chi connectivity index (χ3n) is 5.73. The molecular formula is C23H17ClN4O2. The SMILES string of the molecule is C#CCN1C(=O)C2(CC(=O)Nc3c2cnn3-c2cccc(Cl)c2)c2cc(C)ccc21. The second-order valence-electron chi connectivity index (χ2n) is 7.54. The van der Waals surface area contributed by atoms with Gasteiger partial charge in [0, 0.05) is 22.7 Å². The Bertz CT molecular complexity index is 1270. The van der Waals surface area contributed by atoms with E-state index in [1.807, 2.05) is 31.2 Å². The van der Waals surface area contributed by atoms with Crippen molar-refractivity contribution in [3.63, 3.8) is 0 Å². The molecule has 6 nitrogen and oxygen atoms in total. The molecule has 148 valence electrons. The second kappa shape index (κ2) is 6.48. The normalized spacial score (nSPS) is 19.4. The zero-order chi connectivity index (χ0) is 21.0. The van der Waals surface area contributed by atoms with Crippen LogP contribution in [0.1, 0.15) is 23.1 Å². The van der Waals surface area contributed by atoms with Crippen LogP contribution in [0.25, 0.3) is 5.69 Å². The van der Waals surface area contributed by atoms with Gasteiger partial charge in [-0.15, -0.1) is 6.42 Å². The number of aryl methyl sites for hydroxylation is 1. The highest BCUT2D eigenvalue weighted by molar-refractivity contribution is 6.30. The zero-order valence-corrected chi connectivity index (χ0v) is 16.9. The maximum Gasteiger partial charge on any atom is 0.243 e. The topological polar surface area (TPSA) is 67.2 Å². The largest absolute Gasteiger partial charge is 0.310 e. The highest BCUT2D eigenvalue weighted by Gasteiger charge is 2.57. The minimum absolute atomic E-state index is 0.00238. The summed E-state index contributed by atoms with van der Waals surface area (Å²) in [6.07, 6.45) is 7.19. The number of terminal acetylenes is 1. The molecule has 2 aromatic carbocycles. The molecule has 0 aliphatic carbocycles. The van der Waals surface area contributed by atoms with E-state index in [9.17, 15) is 9.59 Å². The average molecular weight is 417 g/mol. The number of hydrogen-bond donors (Lipinski definition) is 1. The molecule has 2 aliphatic rings. The first-order chi connectivity index (χ1) is 14.5. The summed E-state index contributed by atoms with van der Waals surface area (Å²) in [6, 6.07) is 12.9. The molecule has 2 aliphatic heterocycles. The number of amides is 2. The number of rotatable bonds is 2. The number of halogens is 1. The number of benzene rings is 2. The van der Waals surface area contributed by atoms with Gasteiger partial charge in [0.1, 0.15) is 11.2 Å². The molecule has 0 saturated heterocycles. The Labute approximate surface area is 178 Å². The predicted octanol–water partition coefficient (Wildman–Crippen LogP) is 3.44. The lowest BCUT2D eigenvalue weighted by Crippen LogP contribution is -2.46. The van der Waals surface area contributed by atoms with Gasteiger partial charge in [-0.1, -0.05) is 41.3 Å². The van der Waals surface area contributed by atoms with E-state index in [1.165, 1.54) is 0 Å². The number of carbonyl (C=O) groups is 2. The van der Waals surface area contributed by atoms with Crippen LogP contribution in [0.15, 0.2) is 48.7 Å². The molecule has 30 heavy (non-hydrogen) atoms. The standard InChI is InChI=1S/C23H17ClN4O2/c1-3-9-27-19-8-7-14(2)10-17(19)23(22(27)30)12-20(29)26-21-18(23)13-25-28(21)16-6-4-5-15(24)11-16/h1,4-8,10-11,13H,9,12H2,2H3,(H,26,29). The van der Waals surface area contributed by atoms with Crippen LogP contribution in [0.2, 0.25) is 5.02 Å². The molecule has 1 unspecified atom stereocenters. The van der Waals surface area contributed by atoms with Crippen LogP contribution in [0.3, 0.4) is 0 Å². The molecule has 7 heteroatoms. The Morgan fingerprint density at radius 1 is 1.23 bits per heavy atom. The van der Waals surface area contributed by atoms with Crippen LogP contribution in [0, 0.1) is 19.3 Å². The number of fused-ring (bicyclic) bond motifs is 4. The average Bonchev–Trinajstić information content (AvgIpc) is 3.23. The quantitative estimate of drug-likeness (QED) is 0.651. The van der Waals surface area contributed by atoms with Gasteiger partial charge in [0.15, 0.2) is 0 Å². The van der Waals surface area contributed by atoms with Crippen LogP contribution in [-0.2, 0) is 15.0 Å². The number of anilines is 2. The molecule has 2 amide bonds. The Kier molecular flexibility index (Phi) is 3.99. The first kappa shape index (κ1) is 18.5. The molecule has 3 heterocycles. The summed E-state index contributed by atoms with van der Waals surface area (Å²) < 4.78 is 1.60. The second-order valence-corrected chi connectivity index (χ2v) is 7.98. The van der Waals surface area contributed by atoms with E-state index in [1.54, 1.807) is 34.0 Å². The van der Waals surface area contributed by atoms with Gasteiger partial charge in [-0.2, -0.15) is 5.10 Å². The fourth-order valence-electron chi connectivity index (χ4n) is 4.46. The van der Waals surface area contributed by atoms with Crippen LogP contribution >= 0.6 is 11.6 Å². The predicted molar refractivity (Wildman–Crippen MR) is 115 cm³/mol. The van der Waals surface area contributed by atoms with E-state index in [0.717, 1.165) is 16.8 Å². The van der Waals surface area contributed by atoms with E-state index in [4.69, 9.17) is 18.0 Å². The van der Waals surface area contributed by atoms with Gasteiger partial charge in [-0.05, 0) is 36.8 Å². The minimum Gasteiger partial charge on any atom is -0.310 e. The number of nitrogens with zero attached hydrogens (tertiary/aromatic N) is 3. The zero-order valence-electron chi connectivity index (χ0n) is 16.1. The summed E-state index contributed by atoms with van der Waals surface area (Å²) in [6.45, 7) is 2.09. The maximum absolute atomic E-state index is 13.7. The van der Waals surface area contributed by atoms with Gasteiger partial charge >= 0.3 is 0 Å². The molecule has 0 fully saturated rings. The van der Waals surface area contributed by atoms with E-state index >= 15 is 0 Å². The van der Waals surface area contributed by atoms with Crippen molar-refractivity contribution in [3.8, 4) is 18.0 Å². The number of hydrogen-bond acceptors (Lipinski definition) is 3. The Morgan fingerprint density at radius 2 is 2.07 bits per heavy atom. The van der Waals surface area contributed by atoms with Gasteiger partial charge in [0.2, 0.25) is 11.8 Å². The number of nitrogens with one attached hydrogen (secondary N) is 1. The lowest BCUT2D eigenvalue weighted by atomic mass is 9.71. The molecule has 1 N–H and O–H groups in total. The molecule has 0 radical (unpaired) electrons. The fraction of sp³-hybridized carbons (Fsp3) is 0.174. The molecular weight excluding hydrogens is 400 g/mol. The summed E-state index contributed by atoms with van der Waals surface area (Å²) in [7, 11) is 0. The van der Waals surface area contributed by atoms with Crippen LogP contribution in [0.4, 0.5) is 11.5 Å². The van der Waals surface area contributed by atoms with Crippen molar-refractivity contribution >= 4 is 34.9 Å². The van der Waals surface area contributed by atoms with Crippen molar-refractivity contribution in [1.29, 1.82) is 0 Å².